The molecule has 19 nitrogen and oxygen atoms in total. The van der Waals surface area contributed by atoms with Crippen molar-refractivity contribution in [3.8, 4) is 0 Å². The van der Waals surface area contributed by atoms with Crippen LogP contribution in [0.4, 0.5) is 11.4 Å². The van der Waals surface area contributed by atoms with Gasteiger partial charge in [-0.1, -0.05) is 69.7 Å². The summed E-state index contributed by atoms with van der Waals surface area (Å²) in [6, 6.07) is 27.6. The van der Waals surface area contributed by atoms with Crippen LogP contribution in [0.2, 0.25) is 0 Å². The number of benzene rings is 5. The second-order valence-electron chi connectivity index (χ2n) is 17.8. The molecule has 0 saturated heterocycles. The molecule has 29 heteroatoms. The van der Waals surface area contributed by atoms with E-state index in [0.29, 0.717) is 42.2 Å². The predicted octanol–water partition coefficient (Wildman–Crippen LogP) is -8.37. The number of carbonyl (C=O) groups excluding carboxylic acids is 1. The molecule has 0 aromatic heterocycles. The Morgan fingerprint density at radius 3 is 1.94 bits per heavy atom. The fourth-order valence-electron chi connectivity index (χ4n) is 9.38. The minimum absolute atomic E-state index is 0. The quantitative estimate of drug-likeness (QED) is 0.0159. The van der Waals surface area contributed by atoms with E-state index < -0.39 is 62.9 Å². The maximum absolute atomic E-state index is 12.3. The summed E-state index contributed by atoms with van der Waals surface area (Å²) in [5.74, 6) is 0. The molecule has 0 spiro atoms. The Morgan fingerprint density at radius 2 is 1.38 bits per heavy atom. The first-order valence-corrected chi connectivity index (χ1v) is 28.6. The Kier molecular flexibility index (Phi) is 36.7. The van der Waals surface area contributed by atoms with Gasteiger partial charge >= 0.3 is 180 Å². The molecule has 2 heterocycles. The molecular weight excluding hydrogens is 1190 g/mol. The maximum Gasteiger partial charge on any atom is 1.00 e. The van der Waals surface area contributed by atoms with Crippen molar-refractivity contribution in [2.24, 2.45) is 0 Å². The van der Waals surface area contributed by atoms with E-state index in [-0.39, 0.29) is 158 Å². The van der Waals surface area contributed by atoms with E-state index in [9.17, 15) is 30.7 Å². The first kappa shape index (κ1) is 80.5. The van der Waals surface area contributed by atoms with Crippen molar-refractivity contribution in [2.75, 3.05) is 24.6 Å². The third kappa shape index (κ3) is 21.8. The van der Waals surface area contributed by atoms with Crippen molar-refractivity contribution in [2.45, 2.75) is 93.8 Å². The number of anilines is 1. The van der Waals surface area contributed by atoms with Crippen molar-refractivity contribution >= 4 is 103 Å². The van der Waals surface area contributed by atoms with Crippen molar-refractivity contribution in [1.29, 1.82) is 0 Å². The van der Waals surface area contributed by atoms with Crippen LogP contribution >= 0.6 is 0 Å². The molecule has 2 aliphatic heterocycles. The summed E-state index contributed by atoms with van der Waals surface area (Å²) in [5.41, 5.74) is 7.46. The second kappa shape index (κ2) is 36.5. The minimum Gasteiger partial charge on any atom is -0.754 e. The van der Waals surface area contributed by atoms with Gasteiger partial charge in [-0.25, -0.2) is 8.42 Å². The van der Waals surface area contributed by atoms with Gasteiger partial charge in [0.1, 0.15) is 6.54 Å². The van der Waals surface area contributed by atoms with Gasteiger partial charge in [-0.15, -0.1) is 90.1 Å². The summed E-state index contributed by atoms with van der Waals surface area (Å²) in [6.07, 6.45) is 13.3. The molecule has 0 saturated carbocycles. The third-order valence-electron chi connectivity index (χ3n) is 12.3. The van der Waals surface area contributed by atoms with Gasteiger partial charge < -0.3 is 25.7 Å². The largest absolute Gasteiger partial charge is 1.00 e. The molecule has 5 aromatic carbocycles. The molecular formula is C51H52N2Na5O17S5+. The van der Waals surface area contributed by atoms with Crippen LogP contribution in [0.25, 0.3) is 27.1 Å². The molecule has 0 N–H and O–H groups in total. The Labute approximate surface area is 582 Å². The Bertz CT molecular complexity index is 3640. The van der Waals surface area contributed by atoms with Gasteiger partial charge in [0.25, 0.3) is 6.47 Å². The van der Waals surface area contributed by atoms with Crippen molar-refractivity contribution in [1.82, 2.24) is 0 Å². The number of hydrogen-bond acceptors (Lipinski definition) is 18. The first-order valence-electron chi connectivity index (χ1n) is 22.8. The van der Waals surface area contributed by atoms with E-state index in [1.807, 2.05) is 18.2 Å². The number of carbonyl (C=O) groups is 1. The standard InChI is InChI=1S/C51H54N2O8S2.5Na.3O3S/c1-7-9-30-53-43-25-20-37-19-23-39(62(55,56)57)33-42(37)49(43)51(5,6)47(53)28-22-36(38-16-12-15-35(32-38)14-10-11-31-61-34-54)21-27-46-50(3,4)48-41-17-13-18-45(63(58,59)60)40(41)24-26-44(48)52(46)29-8-2;;;;;;3*1-4(2)3/h12,15-18,20-28,32-34H,2,7-11,14,29-31H2,1,3-6H3,(H,55,56,57)(H,58,59,60);;;;;;;;/q-2;5*+1;;;/p-2. The molecule has 0 aliphatic carbocycles. The molecule has 402 valence electrons. The molecule has 0 bridgehead atoms. The van der Waals surface area contributed by atoms with E-state index in [4.69, 9.17) is 42.6 Å². The summed E-state index contributed by atoms with van der Waals surface area (Å²) >= 11 is 0. The van der Waals surface area contributed by atoms with E-state index in [2.05, 4.69) is 112 Å². The van der Waals surface area contributed by atoms with Crippen molar-refractivity contribution in [3.63, 3.8) is 0 Å². The second-order valence-corrected chi connectivity index (χ2v) is 21.7. The SMILES string of the molecule is O=S(=O)=O.O=S(=O)=O.O=S(=O)=O.[CH2-]CC[N+]1=C(C=CC(=CC=C2N(CCCC)c3ccc4[c-]cc(S(=O)(=O)[O-])cc4c3C2(C)C)c2cccc(CCCCOC=O)c2)C(C)(C)c2c1ccc1c(S(=O)(=O)[O-])c[c-]cc21.[Na+].[Na+].[Na+].[Na+].[Na+]. The minimum atomic E-state index is -4.76. The fraction of sp³-hybridized carbons (Fsp3) is 0.314. The number of rotatable bonds is 17. The molecule has 0 radical (unpaired) electrons. The zero-order valence-electron chi connectivity index (χ0n) is 46.3. The average Bonchev–Trinajstić information content (AvgIpc) is 3.67. The normalized spacial score (nSPS) is 14.1. The summed E-state index contributed by atoms with van der Waals surface area (Å²) in [7, 11) is -18.8. The summed E-state index contributed by atoms with van der Waals surface area (Å²) in [4.78, 5) is 12.4. The first-order chi connectivity index (χ1) is 35.1. The van der Waals surface area contributed by atoms with Crippen molar-refractivity contribution in [3.05, 3.63) is 144 Å². The van der Waals surface area contributed by atoms with Gasteiger partial charge in [0.05, 0.1) is 32.3 Å². The van der Waals surface area contributed by atoms with E-state index >= 15 is 0 Å². The monoisotopic (exact) mass is 1240 g/mol. The number of unbranched alkanes of at least 4 members (excludes halogenated alkanes) is 2. The Balaban J connectivity index is 0. The molecule has 5 aromatic rings. The smallest absolute Gasteiger partial charge is 0.754 e. The molecule has 7 rings (SSSR count). The zero-order chi connectivity index (χ0) is 56.1. The van der Waals surface area contributed by atoms with Crippen molar-refractivity contribution < 1.29 is 226 Å². The van der Waals surface area contributed by atoms with Gasteiger partial charge in [-0.05, 0) is 89.3 Å². The average molecular weight is 1240 g/mol. The third-order valence-corrected chi connectivity index (χ3v) is 14.0. The van der Waals surface area contributed by atoms with Gasteiger partial charge in [0, 0.05) is 35.5 Å². The Morgan fingerprint density at radius 1 is 0.750 bits per heavy atom. The van der Waals surface area contributed by atoms with Crippen LogP contribution in [0.15, 0.2) is 113 Å². The number of hydrogen-bond donors (Lipinski definition) is 0. The van der Waals surface area contributed by atoms with Crippen LogP contribution in [0.1, 0.15) is 89.0 Å². The predicted molar refractivity (Wildman–Crippen MR) is 275 cm³/mol. The molecule has 0 unspecified atom stereocenters. The fourth-order valence-corrected chi connectivity index (χ4v) is 10.5. The van der Waals surface area contributed by atoms with E-state index in [1.54, 1.807) is 12.1 Å². The molecule has 2 aliphatic rings. The van der Waals surface area contributed by atoms with Crippen LogP contribution in [0, 0.1) is 19.1 Å². The number of fused-ring (bicyclic) bond motifs is 6. The topological polar surface area (TPSA) is 301 Å². The molecule has 0 atom stereocenters. The van der Waals surface area contributed by atoms with E-state index in [1.165, 1.54) is 18.2 Å². The van der Waals surface area contributed by atoms with Gasteiger partial charge in [-0.2, -0.15) is 22.8 Å². The van der Waals surface area contributed by atoms with Crippen LogP contribution < -0.4 is 153 Å². The zero-order valence-corrected chi connectivity index (χ0v) is 60.3. The molecule has 0 fully saturated rings. The number of allylic oxidation sites excluding steroid dienone is 6. The maximum atomic E-state index is 12.3. The molecule has 0 amide bonds. The summed E-state index contributed by atoms with van der Waals surface area (Å²) in [5, 5.41) is 2.41. The number of aryl methyl sites for hydroxylation is 1. The van der Waals surface area contributed by atoms with Gasteiger partial charge in [-0.3, -0.25) is 13.2 Å². The van der Waals surface area contributed by atoms with Crippen LogP contribution in [-0.4, -0.2) is 100 Å². The Hall–Kier alpha value is -1.54. The van der Waals surface area contributed by atoms with Crippen LogP contribution in [0.5, 0.6) is 0 Å². The van der Waals surface area contributed by atoms with Gasteiger partial charge in [0.15, 0.2) is 11.4 Å². The summed E-state index contributed by atoms with van der Waals surface area (Å²) in [6.45, 7) is 16.9. The summed E-state index contributed by atoms with van der Waals surface area (Å²) < 4.78 is 157. The number of nitrogens with zero attached hydrogens (tertiary/aromatic N) is 2. The van der Waals surface area contributed by atoms with E-state index in [0.717, 1.165) is 94.6 Å². The van der Waals surface area contributed by atoms with Crippen LogP contribution in [0.3, 0.4) is 0 Å². The van der Waals surface area contributed by atoms with Crippen LogP contribution in [-0.2, 0) is 78.8 Å². The number of ether oxygens (including phenoxy) is 1. The van der Waals surface area contributed by atoms with Gasteiger partial charge in [0.2, 0.25) is 0 Å². The molecule has 80 heavy (non-hydrogen) atoms.